The molecule has 0 spiro atoms. The molecule has 2 aromatic rings. The van der Waals surface area contributed by atoms with Crippen molar-refractivity contribution in [3.05, 3.63) is 60.2 Å². The number of amides is 2. The number of rotatable bonds is 8. The predicted molar refractivity (Wildman–Crippen MR) is 89.9 cm³/mol. The fraction of sp³-hybridized carbons (Fsp3) is 0.222. The Morgan fingerprint density at radius 1 is 0.889 bits per heavy atom. The molecule has 2 aromatic carbocycles. The summed E-state index contributed by atoms with van der Waals surface area (Å²) >= 11 is 0. The molecule has 0 saturated heterocycles. The van der Waals surface area contributed by atoms with Crippen LogP contribution in [0.1, 0.15) is 5.56 Å². The summed E-state index contributed by atoms with van der Waals surface area (Å²) in [6.07, 6.45) is -4.83. The minimum absolute atomic E-state index is 0.155. The van der Waals surface area contributed by atoms with Crippen LogP contribution in [0.4, 0.5) is 13.2 Å². The smallest absolute Gasteiger partial charge is 0.484 e. The molecule has 0 radical (unpaired) electrons. The van der Waals surface area contributed by atoms with Crippen LogP contribution in [0, 0.1) is 0 Å². The van der Waals surface area contributed by atoms with E-state index in [-0.39, 0.29) is 25.3 Å². The van der Waals surface area contributed by atoms with Crippen LogP contribution in [0.15, 0.2) is 54.6 Å². The van der Waals surface area contributed by atoms with E-state index in [1.165, 1.54) is 18.2 Å². The van der Waals surface area contributed by atoms with Crippen molar-refractivity contribution in [2.75, 3.05) is 13.2 Å². The maximum atomic E-state index is 12.4. The topological polar surface area (TPSA) is 76.7 Å². The first-order valence-electron chi connectivity index (χ1n) is 7.88. The van der Waals surface area contributed by atoms with Gasteiger partial charge in [-0.2, -0.15) is 0 Å². The molecule has 27 heavy (non-hydrogen) atoms. The zero-order valence-corrected chi connectivity index (χ0v) is 14.1. The largest absolute Gasteiger partial charge is 0.573 e. The lowest BCUT2D eigenvalue weighted by Crippen LogP contribution is -2.38. The lowest BCUT2D eigenvalue weighted by atomic mass is 10.2. The first-order chi connectivity index (χ1) is 12.8. The average molecular weight is 382 g/mol. The molecule has 0 fully saturated rings. The summed E-state index contributed by atoms with van der Waals surface area (Å²) in [7, 11) is 0. The van der Waals surface area contributed by atoms with Crippen LogP contribution in [0.25, 0.3) is 0 Å². The highest BCUT2D eigenvalue weighted by molar-refractivity contribution is 5.85. The first kappa shape index (κ1) is 20.1. The van der Waals surface area contributed by atoms with Crippen LogP contribution in [0.5, 0.6) is 11.5 Å². The summed E-state index contributed by atoms with van der Waals surface area (Å²) in [5.74, 6) is -0.955. The van der Waals surface area contributed by atoms with Gasteiger partial charge in [-0.15, -0.1) is 13.2 Å². The van der Waals surface area contributed by atoms with Crippen molar-refractivity contribution in [3.63, 3.8) is 0 Å². The molecular formula is C18H17F3N2O4. The monoisotopic (exact) mass is 382 g/mol. The van der Waals surface area contributed by atoms with Crippen molar-refractivity contribution < 1.29 is 32.2 Å². The van der Waals surface area contributed by atoms with Crippen molar-refractivity contribution >= 4 is 11.8 Å². The Morgan fingerprint density at radius 3 is 2.26 bits per heavy atom. The Hall–Kier alpha value is -3.23. The highest BCUT2D eigenvalue weighted by atomic mass is 19.4. The molecule has 0 unspecified atom stereocenters. The van der Waals surface area contributed by atoms with Crippen LogP contribution >= 0.6 is 0 Å². The summed E-state index contributed by atoms with van der Waals surface area (Å²) in [4.78, 5) is 23.4. The quantitative estimate of drug-likeness (QED) is 0.735. The summed E-state index contributed by atoms with van der Waals surface area (Å²) in [5.41, 5.74) is 0.155. The van der Waals surface area contributed by atoms with Gasteiger partial charge in [-0.3, -0.25) is 9.59 Å². The second kappa shape index (κ2) is 9.46. The lowest BCUT2D eigenvalue weighted by Gasteiger charge is -2.13. The summed E-state index contributed by atoms with van der Waals surface area (Å²) < 4.78 is 46.2. The van der Waals surface area contributed by atoms with Gasteiger partial charge in [-0.25, -0.2) is 0 Å². The first-order valence-corrected chi connectivity index (χ1v) is 7.88. The van der Waals surface area contributed by atoms with Crippen LogP contribution in [-0.4, -0.2) is 31.3 Å². The number of hydrogen-bond donors (Lipinski definition) is 2. The SMILES string of the molecule is O=C(CNC(=O)COc1ccccc1)NCc1ccccc1OC(F)(F)F. The van der Waals surface area contributed by atoms with Crippen molar-refractivity contribution in [3.8, 4) is 11.5 Å². The van der Waals surface area contributed by atoms with Crippen LogP contribution in [-0.2, 0) is 16.1 Å². The van der Waals surface area contributed by atoms with E-state index in [9.17, 15) is 22.8 Å². The van der Waals surface area contributed by atoms with Crippen LogP contribution in [0.2, 0.25) is 0 Å². The molecule has 0 aliphatic rings. The number of ether oxygens (including phenoxy) is 2. The normalized spacial score (nSPS) is 10.8. The third-order valence-electron chi connectivity index (χ3n) is 3.23. The molecule has 2 N–H and O–H groups in total. The van der Waals surface area contributed by atoms with E-state index < -0.39 is 23.9 Å². The summed E-state index contributed by atoms with van der Waals surface area (Å²) in [5, 5.41) is 4.77. The van der Waals surface area contributed by atoms with Gasteiger partial charge in [-0.1, -0.05) is 36.4 Å². The molecule has 0 atom stereocenters. The summed E-state index contributed by atoms with van der Waals surface area (Å²) in [6, 6.07) is 14.1. The van der Waals surface area contributed by atoms with E-state index in [2.05, 4.69) is 15.4 Å². The Bertz CT molecular complexity index is 767. The highest BCUT2D eigenvalue weighted by Gasteiger charge is 2.31. The fourth-order valence-corrected chi connectivity index (χ4v) is 2.03. The van der Waals surface area contributed by atoms with E-state index in [1.807, 2.05) is 0 Å². The number of para-hydroxylation sites is 2. The number of nitrogens with one attached hydrogen (secondary N) is 2. The van der Waals surface area contributed by atoms with Gasteiger partial charge in [-0.05, 0) is 18.2 Å². The molecule has 0 heterocycles. The molecule has 2 amide bonds. The zero-order valence-electron chi connectivity index (χ0n) is 14.1. The molecule has 144 valence electrons. The van der Waals surface area contributed by atoms with E-state index in [4.69, 9.17) is 4.74 Å². The van der Waals surface area contributed by atoms with E-state index in [1.54, 1.807) is 30.3 Å². The molecule has 0 aliphatic heterocycles. The number of carbonyl (C=O) groups excluding carboxylic acids is 2. The predicted octanol–water partition coefficient (Wildman–Crippen LogP) is 2.40. The van der Waals surface area contributed by atoms with Crippen molar-refractivity contribution in [1.82, 2.24) is 10.6 Å². The molecule has 2 rings (SSSR count). The second-order valence-corrected chi connectivity index (χ2v) is 5.31. The highest BCUT2D eigenvalue weighted by Crippen LogP contribution is 2.25. The molecule has 9 heteroatoms. The van der Waals surface area contributed by atoms with E-state index >= 15 is 0 Å². The van der Waals surface area contributed by atoms with Gasteiger partial charge in [0.15, 0.2) is 6.61 Å². The Labute approximate surface area is 153 Å². The molecule has 0 saturated carbocycles. The van der Waals surface area contributed by atoms with Gasteiger partial charge >= 0.3 is 6.36 Å². The molecule has 0 bridgehead atoms. The molecule has 6 nitrogen and oxygen atoms in total. The van der Waals surface area contributed by atoms with Crippen LogP contribution in [0.3, 0.4) is 0 Å². The zero-order chi connectivity index (χ0) is 19.7. The van der Waals surface area contributed by atoms with Gasteiger partial charge in [0.05, 0.1) is 6.54 Å². The van der Waals surface area contributed by atoms with Gasteiger partial charge < -0.3 is 20.1 Å². The van der Waals surface area contributed by atoms with E-state index in [0.717, 1.165) is 6.07 Å². The lowest BCUT2D eigenvalue weighted by molar-refractivity contribution is -0.274. The molecule has 0 aliphatic carbocycles. The number of benzene rings is 2. The second-order valence-electron chi connectivity index (χ2n) is 5.31. The number of carbonyl (C=O) groups is 2. The van der Waals surface area contributed by atoms with Crippen LogP contribution < -0.4 is 20.1 Å². The molecular weight excluding hydrogens is 365 g/mol. The summed E-state index contributed by atoms with van der Waals surface area (Å²) in [6.45, 7) is -0.777. The number of hydrogen-bond acceptors (Lipinski definition) is 4. The Morgan fingerprint density at radius 2 is 1.56 bits per heavy atom. The maximum absolute atomic E-state index is 12.4. The Kier molecular flexibility index (Phi) is 7.04. The van der Waals surface area contributed by atoms with Crippen molar-refractivity contribution in [2.24, 2.45) is 0 Å². The van der Waals surface area contributed by atoms with E-state index in [0.29, 0.717) is 5.75 Å². The van der Waals surface area contributed by atoms with Gasteiger partial charge in [0, 0.05) is 12.1 Å². The minimum atomic E-state index is -4.83. The number of alkyl halides is 3. The Balaban J connectivity index is 1.74. The molecule has 0 aromatic heterocycles. The van der Waals surface area contributed by atoms with Crippen molar-refractivity contribution in [1.29, 1.82) is 0 Å². The third kappa shape index (κ3) is 7.68. The van der Waals surface area contributed by atoms with Gasteiger partial charge in [0.1, 0.15) is 11.5 Å². The average Bonchev–Trinajstić information content (AvgIpc) is 2.63. The third-order valence-corrected chi connectivity index (χ3v) is 3.23. The van der Waals surface area contributed by atoms with Gasteiger partial charge in [0.25, 0.3) is 5.91 Å². The minimum Gasteiger partial charge on any atom is -0.484 e. The maximum Gasteiger partial charge on any atom is 0.573 e. The fourth-order valence-electron chi connectivity index (χ4n) is 2.03. The van der Waals surface area contributed by atoms with Gasteiger partial charge in [0.2, 0.25) is 5.91 Å². The standard InChI is InChI=1S/C18H17F3N2O4/c19-18(20,21)27-15-9-5-4-6-13(15)10-22-16(24)11-23-17(25)12-26-14-7-2-1-3-8-14/h1-9H,10-12H2,(H,22,24)(H,23,25). The number of halogens is 3. The van der Waals surface area contributed by atoms with Crippen molar-refractivity contribution in [2.45, 2.75) is 12.9 Å².